The minimum Gasteiger partial charge on any atom is -0.493 e. The van der Waals surface area contributed by atoms with E-state index in [0.29, 0.717) is 41.7 Å². The summed E-state index contributed by atoms with van der Waals surface area (Å²) in [6.45, 7) is 6.92. The molecule has 0 saturated carbocycles. The molecule has 0 heterocycles. The van der Waals surface area contributed by atoms with E-state index in [4.69, 9.17) is 9.47 Å². The number of para-hydroxylation sites is 1. The lowest BCUT2D eigenvalue weighted by molar-refractivity contribution is 0.0488. The molecular formula is C21H25NO4. The van der Waals surface area contributed by atoms with Crippen LogP contribution in [0, 0.1) is 5.92 Å². The van der Waals surface area contributed by atoms with Crippen LogP contribution >= 0.6 is 0 Å². The van der Waals surface area contributed by atoms with Crippen molar-refractivity contribution in [3.05, 3.63) is 59.7 Å². The Morgan fingerprint density at radius 2 is 1.73 bits per heavy atom. The Hall–Kier alpha value is -2.82. The van der Waals surface area contributed by atoms with Gasteiger partial charge < -0.3 is 14.8 Å². The number of benzene rings is 2. The van der Waals surface area contributed by atoms with Crippen molar-refractivity contribution in [2.75, 3.05) is 18.5 Å². The Kier molecular flexibility index (Phi) is 7.21. The summed E-state index contributed by atoms with van der Waals surface area (Å²) in [7, 11) is 0. The van der Waals surface area contributed by atoms with E-state index in [1.54, 1.807) is 42.5 Å². The molecule has 0 radical (unpaired) electrons. The van der Waals surface area contributed by atoms with Gasteiger partial charge in [0.05, 0.1) is 24.3 Å². The summed E-state index contributed by atoms with van der Waals surface area (Å²) in [6.07, 6.45) is 0.832. The van der Waals surface area contributed by atoms with Gasteiger partial charge in [-0.2, -0.15) is 0 Å². The van der Waals surface area contributed by atoms with Crippen LogP contribution in [-0.2, 0) is 4.74 Å². The molecule has 0 spiro atoms. The highest BCUT2D eigenvalue weighted by atomic mass is 16.5. The zero-order valence-corrected chi connectivity index (χ0v) is 15.5. The summed E-state index contributed by atoms with van der Waals surface area (Å²) in [6, 6.07) is 13.7. The van der Waals surface area contributed by atoms with E-state index in [0.717, 1.165) is 6.42 Å². The second-order valence-corrected chi connectivity index (χ2v) is 6.28. The van der Waals surface area contributed by atoms with Crippen molar-refractivity contribution >= 4 is 17.6 Å². The molecule has 1 amide bonds. The average Bonchev–Trinajstić information content (AvgIpc) is 2.62. The van der Waals surface area contributed by atoms with Crippen molar-refractivity contribution in [1.29, 1.82) is 0 Å². The van der Waals surface area contributed by atoms with Crippen LogP contribution in [0.25, 0.3) is 0 Å². The summed E-state index contributed by atoms with van der Waals surface area (Å²) >= 11 is 0. The number of hydrogen-bond acceptors (Lipinski definition) is 4. The van der Waals surface area contributed by atoms with Gasteiger partial charge in [0.2, 0.25) is 0 Å². The van der Waals surface area contributed by atoms with Crippen LogP contribution in [0.3, 0.4) is 0 Å². The fraction of sp³-hybridized carbons (Fsp3) is 0.333. The molecule has 0 atom stereocenters. The Morgan fingerprint density at radius 3 is 2.38 bits per heavy atom. The van der Waals surface area contributed by atoms with Crippen molar-refractivity contribution in [2.24, 2.45) is 5.92 Å². The summed E-state index contributed by atoms with van der Waals surface area (Å²) in [4.78, 5) is 24.4. The highest BCUT2D eigenvalue weighted by Gasteiger charge is 2.13. The number of carbonyl (C=O) groups excluding carboxylic acids is 2. The van der Waals surface area contributed by atoms with E-state index in [-0.39, 0.29) is 11.9 Å². The molecule has 0 aliphatic heterocycles. The minimum atomic E-state index is -0.356. The molecule has 0 fully saturated rings. The van der Waals surface area contributed by atoms with Gasteiger partial charge in [-0.1, -0.05) is 26.0 Å². The average molecular weight is 355 g/mol. The Balaban J connectivity index is 1.98. The number of amides is 1. The number of anilines is 1. The molecule has 5 nitrogen and oxygen atoms in total. The maximum Gasteiger partial charge on any atom is 0.338 e. The van der Waals surface area contributed by atoms with E-state index < -0.39 is 0 Å². The SMILES string of the molecule is CCOc1ccccc1C(=O)Nc1ccc(C(=O)OCCC(C)C)cc1. The molecule has 0 unspecified atom stereocenters. The molecule has 0 aliphatic carbocycles. The molecule has 2 aromatic carbocycles. The van der Waals surface area contributed by atoms with Crippen molar-refractivity contribution in [1.82, 2.24) is 0 Å². The van der Waals surface area contributed by atoms with Crippen LogP contribution in [0.15, 0.2) is 48.5 Å². The third-order valence-corrected chi connectivity index (χ3v) is 3.74. The van der Waals surface area contributed by atoms with Gasteiger partial charge in [-0.25, -0.2) is 4.79 Å². The van der Waals surface area contributed by atoms with Crippen LogP contribution < -0.4 is 10.1 Å². The van der Waals surface area contributed by atoms with Crippen molar-refractivity contribution in [2.45, 2.75) is 27.2 Å². The van der Waals surface area contributed by atoms with Crippen LogP contribution in [0.4, 0.5) is 5.69 Å². The number of nitrogens with one attached hydrogen (secondary N) is 1. The Labute approximate surface area is 154 Å². The lowest BCUT2D eigenvalue weighted by Gasteiger charge is -2.11. The van der Waals surface area contributed by atoms with Crippen LogP contribution in [-0.4, -0.2) is 25.1 Å². The highest BCUT2D eigenvalue weighted by molar-refractivity contribution is 6.06. The largest absolute Gasteiger partial charge is 0.493 e. The standard InChI is InChI=1S/C21H25NO4/c1-4-25-19-8-6-5-7-18(19)20(23)22-17-11-9-16(10-12-17)21(24)26-14-13-15(2)3/h5-12,15H,4,13-14H2,1-3H3,(H,22,23). The van der Waals surface area contributed by atoms with Gasteiger partial charge >= 0.3 is 5.97 Å². The number of esters is 1. The second kappa shape index (κ2) is 9.61. The summed E-state index contributed by atoms with van der Waals surface area (Å²) in [5, 5.41) is 2.81. The maximum atomic E-state index is 12.5. The molecule has 0 aromatic heterocycles. The highest BCUT2D eigenvalue weighted by Crippen LogP contribution is 2.20. The van der Waals surface area contributed by atoms with Crippen LogP contribution in [0.2, 0.25) is 0 Å². The second-order valence-electron chi connectivity index (χ2n) is 6.28. The van der Waals surface area contributed by atoms with E-state index in [9.17, 15) is 9.59 Å². The van der Waals surface area contributed by atoms with E-state index in [2.05, 4.69) is 19.2 Å². The fourth-order valence-electron chi connectivity index (χ4n) is 2.29. The predicted molar refractivity (Wildman–Crippen MR) is 102 cm³/mol. The molecule has 2 rings (SSSR count). The molecule has 0 bridgehead atoms. The van der Waals surface area contributed by atoms with Gasteiger partial charge in [-0.3, -0.25) is 4.79 Å². The number of carbonyl (C=O) groups is 2. The molecule has 1 N–H and O–H groups in total. The van der Waals surface area contributed by atoms with Gasteiger partial charge in [0.15, 0.2) is 0 Å². The first-order valence-corrected chi connectivity index (χ1v) is 8.81. The summed E-state index contributed by atoms with van der Waals surface area (Å²) < 4.78 is 10.7. The van der Waals surface area contributed by atoms with Gasteiger partial charge in [0.1, 0.15) is 5.75 Å². The maximum absolute atomic E-state index is 12.5. The van der Waals surface area contributed by atoms with Crippen molar-refractivity contribution in [3.63, 3.8) is 0 Å². The quantitative estimate of drug-likeness (QED) is 0.706. The Bertz CT molecular complexity index is 738. The van der Waals surface area contributed by atoms with Crippen LogP contribution in [0.1, 0.15) is 47.9 Å². The topological polar surface area (TPSA) is 64.6 Å². The molecule has 0 saturated heterocycles. The monoisotopic (exact) mass is 355 g/mol. The number of hydrogen-bond donors (Lipinski definition) is 1. The molecule has 5 heteroatoms. The molecule has 0 aliphatic rings. The molecule has 26 heavy (non-hydrogen) atoms. The van der Waals surface area contributed by atoms with E-state index in [1.165, 1.54) is 0 Å². The first-order valence-electron chi connectivity index (χ1n) is 8.81. The lowest BCUT2D eigenvalue weighted by Crippen LogP contribution is -2.14. The van der Waals surface area contributed by atoms with Gasteiger partial charge in [0, 0.05) is 5.69 Å². The summed E-state index contributed by atoms with van der Waals surface area (Å²) in [5.41, 5.74) is 1.52. The van der Waals surface area contributed by atoms with Gasteiger partial charge in [-0.15, -0.1) is 0 Å². The first kappa shape index (κ1) is 19.5. The first-order chi connectivity index (χ1) is 12.5. The Morgan fingerprint density at radius 1 is 1.04 bits per heavy atom. The normalized spacial score (nSPS) is 10.5. The predicted octanol–water partition coefficient (Wildman–Crippen LogP) is 4.54. The van der Waals surface area contributed by atoms with Gasteiger partial charge in [0.25, 0.3) is 5.91 Å². The number of ether oxygens (including phenoxy) is 2. The van der Waals surface area contributed by atoms with Gasteiger partial charge in [-0.05, 0) is 55.7 Å². The van der Waals surface area contributed by atoms with E-state index >= 15 is 0 Å². The van der Waals surface area contributed by atoms with E-state index in [1.807, 2.05) is 13.0 Å². The molecule has 2 aromatic rings. The fourth-order valence-corrected chi connectivity index (χ4v) is 2.29. The summed E-state index contributed by atoms with van der Waals surface area (Å²) in [5.74, 6) is 0.407. The van der Waals surface area contributed by atoms with Crippen LogP contribution in [0.5, 0.6) is 5.75 Å². The lowest BCUT2D eigenvalue weighted by atomic mass is 10.1. The zero-order valence-electron chi connectivity index (χ0n) is 15.5. The third kappa shape index (κ3) is 5.62. The molecular weight excluding hydrogens is 330 g/mol. The smallest absolute Gasteiger partial charge is 0.338 e. The minimum absolute atomic E-state index is 0.263. The zero-order chi connectivity index (χ0) is 18.9. The van der Waals surface area contributed by atoms with Crippen molar-refractivity contribution < 1.29 is 19.1 Å². The number of rotatable bonds is 8. The van der Waals surface area contributed by atoms with Crippen molar-refractivity contribution in [3.8, 4) is 5.75 Å². The molecule has 138 valence electrons. The third-order valence-electron chi connectivity index (χ3n) is 3.74.